The third-order valence-corrected chi connectivity index (χ3v) is 5.65. The van der Waals surface area contributed by atoms with Crippen molar-refractivity contribution >= 4 is 28.9 Å². The van der Waals surface area contributed by atoms with Gasteiger partial charge in [0.15, 0.2) is 17.3 Å². The fraction of sp³-hybridized carbons (Fsp3) is 0.273. The molecule has 0 bridgehead atoms. The quantitative estimate of drug-likeness (QED) is 0.346. The highest BCUT2D eigenvalue weighted by Crippen LogP contribution is 2.30. The van der Waals surface area contributed by atoms with E-state index in [0.29, 0.717) is 35.0 Å². The van der Waals surface area contributed by atoms with Gasteiger partial charge < -0.3 is 16.0 Å². The fourth-order valence-corrected chi connectivity index (χ4v) is 3.78. The summed E-state index contributed by atoms with van der Waals surface area (Å²) >= 11 is 0. The Hall–Kier alpha value is -4.16. The molecule has 3 N–H and O–H groups in total. The molecule has 13 heteroatoms. The summed E-state index contributed by atoms with van der Waals surface area (Å²) in [6.45, 7) is 0. The first-order valence-electron chi connectivity index (χ1n) is 10.8. The lowest BCUT2D eigenvalue weighted by atomic mass is 9.94. The minimum absolute atomic E-state index is 0.0353. The summed E-state index contributed by atoms with van der Waals surface area (Å²) in [5.74, 6) is -0.950. The van der Waals surface area contributed by atoms with Gasteiger partial charge in [0.05, 0.1) is 17.5 Å². The number of nitrogens with one attached hydrogen (secondary N) is 3. The van der Waals surface area contributed by atoms with Gasteiger partial charge in [0.2, 0.25) is 5.95 Å². The lowest BCUT2D eigenvalue weighted by Gasteiger charge is -2.23. The van der Waals surface area contributed by atoms with Crippen molar-refractivity contribution in [1.82, 2.24) is 29.5 Å². The number of alkyl halides is 3. The molecule has 0 saturated heterocycles. The molecule has 35 heavy (non-hydrogen) atoms. The first kappa shape index (κ1) is 22.6. The molecule has 1 aliphatic carbocycles. The van der Waals surface area contributed by atoms with Gasteiger partial charge in [0.25, 0.3) is 0 Å². The Morgan fingerprint density at radius 3 is 2.40 bits per heavy atom. The Labute approximate surface area is 196 Å². The number of aromatic nitrogens is 6. The zero-order valence-electron chi connectivity index (χ0n) is 18.1. The van der Waals surface area contributed by atoms with Gasteiger partial charge in [-0.15, -0.1) is 5.10 Å². The Kier molecular flexibility index (Phi) is 5.75. The summed E-state index contributed by atoms with van der Waals surface area (Å²) in [6.07, 6.45) is 3.72. The Balaban J connectivity index is 1.34. The van der Waals surface area contributed by atoms with Crippen LogP contribution in [0.25, 0.3) is 16.9 Å². The number of imidazole rings is 1. The molecule has 1 fully saturated rings. The lowest BCUT2D eigenvalue weighted by Crippen LogP contribution is -2.26. The maximum Gasteiger partial charge on any atom is 0.417 e. The SMILES string of the molecule is N=C1CCC(Nc2ccc3ncc(-c4cnc(Nc5ncc(C(F)(F)F)cc5F)nc4)n3n2)CC1. The molecule has 5 rings (SSSR count). The van der Waals surface area contributed by atoms with Crippen LogP contribution in [0.4, 0.5) is 35.1 Å². The van der Waals surface area contributed by atoms with E-state index in [0.717, 1.165) is 31.4 Å². The largest absolute Gasteiger partial charge is 0.417 e. The van der Waals surface area contributed by atoms with E-state index >= 15 is 0 Å². The summed E-state index contributed by atoms with van der Waals surface area (Å²) in [5, 5.41) is 18.3. The van der Waals surface area contributed by atoms with Gasteiger partial charge in [-0.05, 0) is 43.9 Å². The molecular formula is C22H19F4N9. The van der Waals surface area contributed by atoms with Crippen molar-refractivity contribution < 1.29 is 17.6 Å². The molecule has 0 spiro atoms. The van der Waals surface area contributed by atoms with Crippen molar-refractivity contribution in [1.29, 1.82) is 5.41 Å². The van der Waals surface area contributed by atoms with Crippen LogP contribution in [0, 0.1) is 11.2 Å². The predicted molar refractivity (Wildman–Crippen MR) is 120 cm³/mol. The zero-order chi connectivity index (χ0) is 24.6. The molecule has 0 amide bonds. The number of hydrogen-bond donors (Lipinski definition) is 3. The second-order valence-electron chi connectivity index (χ2n) is 8.13. The Morgan fingerprint density at radius 1 is 0.971 bits per heavy atom. The zero-order valence-corrected chi connectivity index (χ0v) is 18.1. The van der Waals surface area contributed by atoms with Gasteiger partial charge in [0, 0.05) is 35.9 Å². The lowest BCUT2D eigenvalue weighted by molar-refractivity contribution is -0.138. The van der Waals surface area contributed by atoms with E-state index < -0.39 is 23.4 Å². The first-order chi connectivity index (χ1) is 16.8. The third-order valence-electron chi connectivity index (χ3n) is 5.65. The molecule has 1 saturated carbocycles. The maximum atomic E-state index is 14.1. The fourth-order valence-electron chi connectivity index (χ4n) is 3.78. The molecular weight excluding hydrogens is 466 g/mol. The summed E-state index contributed by atoms with van der Waals surface area (Å²) in [7, 11) is 0. The molecule has 0 radical (unpaired) electrons. The van der Waals surface area contributed by atoms with E-state index in [2.05, 4.69) is 35.7 Å². The van der Waals surface area contributed by atoms with E-state index in [1.54, 1.807) is 10.7 Å². The number of hydrogen-bond acceptors (Lipinski definition) is 8. The summed E-state index contributed by atoms with van der Waals surface area (Å²) in [4.78, 5) is 16.1. The molecule has 9 nitrogen and oxygen atoms in total. The van der Waals surface area contributed by atoms with Gasteiger partial charge in [-0.3, -0.25) is 0 Å². The standard InChI is InChI=1S/C22H19F4N9/c23-16-7-13(22(24,25)26)10-29-20(16)33-21-30-8-12(9-31-21)17-11-28-19-6-5-18(34-35(17)19)32-15-3-1-14(27)2-4-15/h5-11,15,27H,1-4H2,(H,32,34)(H,29,30,31,33). The second-order valence-corrected chi connectivity index (χ2v) is 8.13. The van der Waals surface area contributed by atoms with Crippen molar-refractivity contribution in [2.75, 3.05) is 10.6 Å². The number of nitrogens with zero attached hydrogens (tertiary/aromatic N) is 6. The van der Waals surface area contributed by atoms with Crippen molar-refractivity contribution in [2.45, 2.75) is 37.9 Å². The molecule has 1 aliphatic rings. The minimum atomic E-state index is -4.69. The van der Waals surface area contributed by atoms with Crippen LogP contribution in [-0.4, -0.2) is 41.3 Å². The monoisotopic (exact) mass is 485 g/mol. The van der Waals surface area contributed by atoms with Crippen LogP contribution in [0.2, 0.25) is 0 Å². The van der Waals surface area contributed by atoms with E-state index in [1.165, 1.54) is 12.4 Å². The van der Waals surface area contributed by atoms with E-state index in [1.807, 2.05) is 12.1 Å². The molecule has 0 atom stereocenters. The smallest absolute Gasteiger partial charge is 0.366 e. The number of pyridine rings is 1. The molecule has 0 aromatic carbocycles. The van der Waals surface area contributed by atoms with Crippen LogP contribution in [0.15, 0.2) is 43.0 Å². The van der Waals surface area contributed by atoms with Crippen molar-refractivity contribution in [2.24, 2.45) is 0 Å². The van der Waals surface area contributed by atoms with Gasteiger partial charge in [-0.1, -0.05) is 0 Å². The van der Waals surface area contributed by atoms with Gasteiger partial charge in [-0.25, -0.2) is 28.8 Å². The highest BCUT2D eigenvalue weighted by Gasteiger charge is 2.32. The van der Waals surface area contributed by atoms with E-state index in [9.17, 15) is 17.6 Å². The molecule has 4 aromatic rings. The normalized spacial score (nSPS) is 16.5. The van der Waals surface area contributed by atoms with Crippen molar-refractivity contribution in [3.05, 3.63) is 54.4 Å². The third kappa shape index (κ3) is 4.88. The average Bonchev–Trinajstić information content (AvgIpc) is 3.25. The van der Waals surface area contributed by atoms with Crippen LogP contribution in [-0.2, 0) is 6.18 Å². The van der Waals surface area contributed by atoms with Crippen LogP contribution in [0.3, 0.4) is 0 Å². The molecule has 4 heterocycles. The van der Waals surface area contributed by atoms with Gasteiger partial charge in [-0.2, -0.15) is 13.2 Å². The summed E-state index contributed by atoms with van der Waals surface area (Å²) < 4.78 is 53.8. The van der Waals surface area contributed by atoms with Gasteiger partial charge in [0.1, 0.15) is 5.82 Å². The van der Waals surface area contributed by atoms with Crippen molar-refractivity contribution in [3.63, 3.8) is 0 Å². The highest BCUT2D eigenvalue weighted by molar-refractivity contribution is 5.82. The number of halogens is 4. The molecule has 0 aliphatic heterocycles. The van der Waals surface area contributed by atoms with Gasteiger partial charge >= 0.3 is 6.18 Å². The summed E-state index contributed by atoms with van der Waals surface area (Å²) in [6, 6.07) is 4.28. The molecule has 4 aromatic heterocycles. The number of anilines is 3. The van der Waals surface area contributed by atoms with E-state index in [4.69, 9.17) is 5.41 Å². The topological polar surface area (TPSA) is 117 Å². The second kappa shape index (κ2) is 8.89. The van der Waals surface area contributed by atoms with Crippen LogP contribution in [0.5, 0.6) is 0 Å². The summed E-state index contributed by atoms with van der Waals surface area (Å²) in [5.41, 5.74) is 1.42. The molecule has 0 unspecified atom stereocenters. The molecule has 180 valence electrons. The predicted octanol–water partition coefficient (Wildman–Crippen LogP) is 4.86. The van der Waals surface area contributed by atoms with E-state index in [-0.39, 0.29) is 12.0 Å². The minimum Gasteiger partial charge on any atom is -0.366 e. The number of fused-ring (bicyclic) bond motifs is 1. The van der Waals surface area contributed by atoms with Crippen LogP contribution in [0.1, 0.15) is 31.2 Å². The maximum absolute atomic E-state index is 14.1. The highest BCUT2D eigenvalue weighted by atomic mass is 19.4. The van der Waals surface area contributed by atoms with Crippen LogP contribution < -0.4 is 10.6 Å². The Morgan fingerprint density at radius 2 is 1.71 bits per heavy atom. The average molecular weight is 485 g/mol. The number of rotatable bonds is 5. The first-order valence-corrected chi connectivity index (χ1v) is 10.8. The van der Waals surface area contributed by atoms with Crippen molar-refractivity contribution in [3.8, 4) is 11.3 Å². The van der Waals surface area contributed by atoms with Crippen LogP contribution >= 0.6 is 0 Å². The Bertz CT molecular complexity index is 1370.